The molecule has 2 aliphatic rings. The summed E-state index contributed by atoms with van der Waals surface area (Å²) in [5.41, 5.74) is 0.943. The Morgan fingerprint density at radius 1 is 1.21 bits per heavy atom. The van der Waals surface area contributed by atoms with Crippen LogP contribution in [0, 0.1) is 6.92 Å². The smallest absolute Gasteiger partial charge is 0.227 e. The fraction of sp³-hybridized carbons (Fsp3) is 0.765. The Morgan fingerprint density at radius 3 is 2.50 bits per heavy atom. The van der Waals surface area contributed by atoms with Crippen molar-refractivity contribution in [1.29, 1.82) is 0 Å². The van der Waals surface area contributed by atoms with E-state index in [2.05, 4.69) is 21.7 Å². The monoisotopic (exact) mass is 352 g/mol. The Hall–Kier alpha value is -1.37. The first-order valence-corrected chi connectivity index (χ1v) is 10.9. The maximum Gasteiger partial charge on any atom is 0.227 e. The van der Waals surface area contributed by atoms with Gasteiger partial charge in [-0.15, -0.1) is 0 Å². The molecule has 24 heavy (non-hydrogen) atoms. The summed E-state index contributed by atoms with van der Waals surface area (Å²) in [6.45, 7) is 6.83. The predicted molar refractivity (Wildman–Crippen MR) is 97.5 cm³/mol. The van der Waals surface area contributed by atoms with Gasteiger partial charge in [-0.1, -0.05) is 12.8 Å². The van der Waals surface area contributed by atoms with E-state index in [-0.39, 0.29) is 17.5 Å². The number of nitrogens with zero attached hydrogens (tertiary/aromatic N) is 4. The van der Waals surface area contributed by atoms with E-state index in [1.165, 1.54) is 25.7 Å². The molecule has 2 aliphatic heterocycles. The minimum Gasteiger partial charge on any atom is -0.353 e. The largest absolute Gasteiger partial charge is 0.353 e. The summed E-state index contributed by atoms with van der Waals surface area (Å²) in [6.07, 6.45) is 5.61. The second-order valence-corrected chi connectivity index (χ2v) is 9.14. The van der Waals surface area contributed by atoms with E-state index < -0.39 is 9.84 Å². The number of aromatic nitrogens is 2. The molecule has 0 bridgehead atoms. The molecule has 3 rings (SSSR count). The van der Waals surface area contributed by atoms with Crippen LogP contribution in [0.15, 0.2) is 6.07 Å². The molecule has 0 radical (unpaired) electrons. The fourth-order valence-electron chi connectivity index (χ4n) is 3.72. The highest BCUT2D eigenvalue weighted by Gasteiger charge is 2.32. The van der Waals surface area contributed by atoms with E-state index in [9.17, 15) is 8.42 Å². The molecule has 134 valence electrons. The highest BCUT2D eigenvalue weighted by molar-refractivity contribution is 7.91. The Bertz CT molecular complexity index is 669. The van der Waals surface area contributed by atoms with Gasteiger partial charge < -0.3 is 9.80 Å². The van der Waals surface area contributed by atoms with E-state index in [1.807, 2.05) is 13.0 Å². The summed E-state index contributed by atoms with van der Waals surface area (Å²) < 4.78 is 23.7. The molecule has 2 fully saturated rings. The van der Waals surface area contributed by atoms with Crippen LogP contribution >= 0.6 is 0 Å². The van der Waals surface area contributed by atoms with E-state index >= 15 is 0 Å². The average Bonchev–Trinajstić information content (AvgIpc) is 2.76. The van der Waals surface area contributed by atoms with Crippen LogP contribution in [-0.2, 0) is 9.84 Å². The van der Waals surface area contributed by atoms with Gasteiger partial charge >= 0.3 is 0 Å². The van der Waals surface area contributed by atoms with Crippen LogP contribution in [0.4, 0.5) is 11.8 Å². The van der Waals surface area contributed by atoms with Crippen LogP contribution in [0.5, 0.6) is 0 Å². The third-order valence-electron chi connectivity index (χ3n) is 5.00. The zero-order valence-corrected chi connectivity index (χ0v) is 15.6. The van der Waals surface area contributed by atoms with E-state index in [0.29, 0.717) is 6.42 Å². The van der Waals surface area contributed by atoms with Crippen molar-refractivity contribution in [3.63, 3.8) is 0 Å². The van der Waals surface area contributed by atoms with Gasteiger partial charge in [0.05, 0.1) is 11.5 Å². The molecular weight excluding hydrogens is 324 g/mol. The van der Waals surface area contributed by atoms with Gasteiger partial charge in [0.1, 0.15) is 5.82 Å². The summed E-state index contributed by atoms with van der Waals surface area (Å²) >= 11 is 0. The molecule has 0 aliphatic carbocycles. The zero-order valence-electron chi connectivity index (χ0n) is 14.7. The fourth-order valence-corrected chi connectivity index (χ4v) is 5.45. The second kappa shape index (κ2) is 7.25. The van der Waals surface area contributed by atoms with Gasteiger partial charge in [-0.05, 0) is 33.1 Å². The standard InChI is InChI=1S/C17H28N4O2S/c1-3-21(15-8-11-24(22,23)13-15)16-12-14(2)18-17(19-16)20-9-6-4-5-7-10-20/h12,15H,3-11,13H2,1-2H3. The van der Waals surface area contributed by atoms with Gasteiger partial charge in [-0.25, -0.2) is 13.4 Å². The molecule has 7 heteroatoms. The minimum atomic E-state index is -2.90. The molecular formula is C17H28N4O2S. The van der Waals surface area contributed by atoms with Crippen molar-refractivity contribution in [2.24, 2.45) is 0 Å². The highest BCUT2D eigenvalue weighted by atomic mass is 32.2. The molecule has 0 N–H and O–H groups in total. The first kappa shape index (κ1) is 17.5. The first-order valence-electron chi connectivity index (χ1n) is 9.06. The van der Waals surface area contributed by atoms with Crippen LogP contribution < -0.4 is 9.80 Å². The van der Waals surface area contributed by atoms with Gasteiger partial charge in [-0.3, -0.25) is 0 Å². The first-order chi connectivity index (χ1) is 11.5. The SMILES string of the molecule is CCN(c1cc(C)nc(N2CCCCCC2)n1)C1CCS(=O)(=O)C1. The number of rotatable bonds is 4. The van der Waals surface area contributed by atoms with Crippen LogP contribution in [0.25, 0.3) is 0 Å². The number of anilines is 2. The molecule has 0 aromatic carbocycles. The second-order valence-electron chi connectivity index (χ2n) is 6.91. The Labute approximate surface area is 145 Å². The maximum absolute atomic E-state index is 11.8. The van der Waals surface area contributed by atoms with Gasteiger partial charge in [-0.2, -0.15) is 4.98 Å². The third-order valence-corrected chi connectivity index (χ3v) is 6.75. The zero-order chi connectivity index (χ0) is 17.2. The van der Waals surface area contributed by atoms with Gasteiger partial charge in [0.15, 0.2) is 9.84 Å². The molecule has 1 atom stereocenters. The normalized spacial score (nSPS) is 23.9. The molecule has 1 unspecified atom stereocenters. The van der Waals surface area contributed by atoms with Crippen molar-refractivity contribution < 1.29 is 8.42 Å². The topological polar surface area (TPSA) is 66.4 Å². The molecule has 1 aromatic rings. The lowest BCUT2D eigenvalue weighted by Crippen LogP contribution is -2.37. The minimum absolute atomic E-state index is 0.0336. The Balaban J connectivity index is 1.86. The van der Waals surface area contributed by atoms with Crippen molar-refractivity contribution in [1.82, 2.24) is 9.97 Å². The van der Waals surface area contributed by atoms with Crippen LogP contribution in [0.3, 0.4) is 0 Å². The molecule has 1 aromatic heterocycles. The molecule has 6 nitrogen and oxygen atoms in total. The lowest BCUT2D eigenvalue weighted by atomic mass is 10.2. The van der Waals surface area contributed by atoms with Gasteiger partial charge in [0.25, 0.3) is 0 Å². The average molecular weight is 353 g/mol. The van der Waals surface area contributed by atoms with Crippen LogP contribution in [-0.4, -0.2) is 55.6 Å². The number of aryl methyl sites for hydroxylation is 1. The molecule has 0 spiro atoms. The van der Waals surface area contributed by atoms with Crippen molar-refractivity contribution in [2.75, 3.05) is 40.9 Å². The van der Waals surface area contributed by atoms with E-state index in [0.717, 1.165) is 37.1 Å². The molecule has 0 saturated carbocycles. The molecule has 2 saturated heterocycles. The van der Waals surface area contributed by atoms with Crippen molar-refractivity contribution in [3.8, 4) is 0 Å². The summed E-state index contributed by atoms with van der Waals surface area (Å²) in [5.74, 6) is 2.19. The summed E-state index contributed by atoms with van der Waals surface area (Å²) in [6, 6.07) is 2.02. The lowest BCUT2D eigenvalue weighted by Gasteiger charge is -2.29. The maximum atomic E-state index is 11.8. The van der Waals surface area contributed by atoms with Crippen LogP contribution in [0.1, 0.15) is 44.7 Å². The number of hydrogen-bond acceptors (Lipinski definition) is 6. The van der Waals surface area contributed by atoms with Gasteiger partial charge in [0, 0.05) is 37.4 Å². The van der Waals surface area contributed by atoms with Crippen molar-refractivity contribution in [3.05, 3.63) is 11.8 Å². The predicted octanol–water partition coefficient (Wildman–Crippen LogP) is 2.18. The summed E-state index contributed by atoms with van der Waals surface area (Å²) in [7, 11) is -2.90. The lowest BCUT2D eigenvalue weighted by molar-refractivity contribution is 0.599. The molecule has 0 amide bonds. The van der Waals surface area contributed by atoms with Crippen molar-refractivity contribution >= 4 is 21.6 Å². The quantitative estimate of drug-likeness (QED) is 0.827. The van der Waals surface area contributed by atoms with E-state index in [1.54, 1.807) is 0 Å². The Morgan fingerprint density at radius 2 is 1.92 bits per heavy atom. The molecule has 3 heterocycles. The van der Waals surface area contributed by atoms with Crippen LogP contribution in [0.2, 0.25) is 0 Å². The summed E-state index contributed by atoms with van der Waals surface area (Å²) in [4.78, 5) is 13.9. The highest BCUT2D eigenvalue weighted by Crippen LogP contribution is 2.25. The van der Waals surface area contributed by atoms with E-state index in [4.69, 9.17) is 4.98 Å². The number of sulfone groups is 1. The Kier molecular flexibility index (Phi) is 5.27. The van der Waals surface area contributed by atoms with Gasteiger partial charge in [0.2, 0.25) is 5.95 Å². The summed E-state index contributed by atoms with van der Waals surface area (Å²) in [5, 5.41) is 0. The van der Waals surface area contributed by atoms with Crippen molar-refractivity contribution in [2.45, 2.75) is 52.0 Å². The third kappa shape index (κ3) is 3.99. The number of hydrogen-bond donors (Lipinski definition) is 0.